The van der Waals surface area contributed by atoms with Crippen molar-refractivity contribution in [1.82, 2.24) is 10.2 Å². The summed E-state index contributed by atoms with van der Waals surface area (Å²) in [6, 6.07) is 7.92. The van der Waals surface area contributed by atoms with Gasteiger partial charge in [-0.3, -0.25) is 5.10 Å². The summed E-state index contributed by atoms with van der Waals surface area (Å²) in [6.45, 7) is 4.98. The van der Waals surface area contributed by atoms with Gasteiger partial charge >= 0.3 is 0 Å². The average Bonchev–Trinajstić information content (AvgIpc) is 2.80. The topological polar surface area (TPSA) is 37.9 Å². The Bertz CT molecular complexity index is 480. The monoisotopic (exact) mass is 294 g/mol. The van der Waals surface area contributed by atoms with Crippen molar-refractivity contribution in [1.29, 1.82) is 0 Å². The lowest BCUT2D eigenvalue weighted by molar-refractivity contribution is 0.272. The molecule has 0 bridgehead atoms. The summed E-state index contributed by atoms with van der Waals surface area (Å²) in [5.74, 6) is 1.39. The van der Waals surface area contributed by atoms with Gasteiger partial charge in [-0.2, -0.15) is 5.10 Å². The van der Waals surface area contributed by atoms with Crippen molar-refractivity contribution < 1.29 is 4.74 Å². The maximum absolute atomic E-state index is 5.81. The van der Waals surface area contributed by atoms with Crippen molar-refractivity contribution in [2.75, 3.05) is 6.61 Å². The van der Waals surface area contributed by atoms with Crippen molar-refractivity contribution in [3.8, 4) is 17.0 Å². The molecule has 0 saturated carbocycles. The highest BCUT2D eigenvalue weighted by Gasteiger charge is 2.09. The summed E-state index contributed by atoms with van der Waals surface area (Å²) >= 11 is 3.47. The SMILES string of the molecule is CC(C)COc1ccc(Br)cc1-c1ccn[nH]1. The molecule has 3 nitrogen and oxygen atoms in total. The molecule has 0 radical (unpaired) electrons. The normalized spacial score (nSPS) is 10.8. The van der Waals surface area contributed by atoms with E-state index in [1.54, 1.807) is 6.20 Å². The van der Waals surface area contributed by atoms with Crippen LogP contribution in [0.4, 0.5) is 0 Å². The second-order valence-corrected chi connectivity index (χ2v) is 5.23. The largest absolute Gasteiger partial charge is 0.493 e. The number of H-pyrrole nitrogens is 1. The zero-order valence-electron chi connectivity index (χ0n) is 9.90. The van der Waals surface area contributed by atoms with E-state index >= 15 is 0 Å². The number of ether oxygens (including phenoxy) is 1. The van der Waals surface area contributed by atoms with E-state index < -0.39 is 0 Å². The lowest BCUT2D eigenvalue weighted by Gasteiger charge is -2.12. The van der Waals surface area contributed by atoms with E-state index in [9.17, 15) is 0 Å². The molecule has 0 aliphatic carbocycles. The Kier molecular flexibility index (Phi) is 3.84. The molecule has 1 aromatic carbocycles. The fourth-order valence-corrected chi connectivity index (χ4v) is 1.86. The molecule has 2 rings (SSSR count). The van der Waals surface area contributed by atoms with Crippen LogP contribution in [0.3, 0.4) is 0 Å². The first-order valence-corrected chi connectivity index (χ1v) is 6.38. The molecule has 0 amide bonds. The van der Waals surface area contributed by atoms with E-state index in [4.69, 9.17) is 4.74 Å². The molecule has 2 aromatic rings. The third-order valence-electron chi connectivity index (χ3n) is 2.30. The van der Waals surface area contributed by atoms with Gasteiger partial charge in [-0.1, -0.05) is 29.8 Å². The first-order valence-electron chi connectivity index (χ1n) is 5.59. The molecule has 1 heterocycles. The van der Waals surface area contributed by atoms with Crippen LogP contribution in [0.1, 0.15) is 13.8 Å². The number of nitrogens with zero attached hydrogens (tertiary/aromatic N) is 1. The van der Waals surface area contributed by atoms with Gasteiger partial charge in [0.1, 0.15) is 5.75 Å². The Labute approximate surface area is 109 Å². The van der Waals surface area contributed by atoms with Gasteiger partial charge < -0.3 is 4.74 Å². The lowest BCUT2D eigenvalue weighted by Crippen LogP contribution is -2.05. The highest BCUT2D eigenvalue weighted by molar-refractivity contribution is 9.10. The summed E-state index contributed by atoms with van der Waals surface area (Å²) < 4.78 is 6.84. The van der Waals surface area contributed by atoms with Crippen LogP contribution in [0.5, 0.6) is 5.75 Å². The number of hydrogen-bond acceptors (Lipinski definition) is 2. The summed E-state index contributed by atoms with van der Waals surface area (Å²) in [7, 11) is 0. The van der Waals surface area contributed by atoms with Crippen molar-refractivity contribution in [2.45, 2.75) is 13.8 Å². The highest BCUT2D eigenvalue weighted by Crippen LogP contribution is 2.31. The highest BCUT2D eigenvalue weighted by atomic mass is 79.9. The van der Waals surface area contributed by atoms with Gasteiger partial charge in [0.25, 0.3) is 0 Å². The molecular weight excluding hydrogens is 280 g/mol. The number of halogens is 1. The van der Waals surface area contributed by atoms with Gasteiger partial charge in [-0.15, -0.1) is 0 Å². The van der Waals surface area contributed by atoms with E-state index in [1.807, 2.05) is 24.3 Å². The van der Waals surface area contributed by atoms with Gasteiger partial charge in [0.2, 0.25) is 0 Å². The van der Waals surface area contributed by atoms with Gasteiger partial charge in [0.05, 0.1) is 12.3 Å². The van der Waals surface area contributed by atoms with Gasteiger partial charge in [0, 0.05) is 16.2 Å². The number of rotatable bonds is 4. The van der Waals surface area contributed by atoms with E-state index in [0.717, 1.165) is 21.5 Å². The number of aromatic amines is 1. The molecule has 0 spiro atoms. The Morgan fingerprint density at radius 1 is 1.35 bits per heavy atom. The van der Waals surface area contributed by atoms with Gasteiger partial charge in [-0.05, 0) is 30.2 Å². The van der Waals surface area contributed by atoms with Crippen LogP contribution in [-0.4, -0.2) is 16.8 Å². The molecule has 1 N–H and O–H groups in total. The van der Waals surface area contributed by atoms with Crippen LogP contribution in [0.25, 0.3) is 11.3 Å². The van der Waals surface area contributed by atoms with Gasteiger partial charge in [-0.25, -0.2) is 0 Å². The molecule has 1 aromatic heterocycles. The van der Waals surface area contributed by atoms with Crippen molar-refractivity contribution in [3.05, 3.63) is 34.9 Å². The van der Waals surface area contributed by atoms with E-state index in [-0.39, 0.29) is 0 Å². The first kappa shape index (κ1) is 12.2. The number of nitrogens with one attached hydrogen (secondary N) is 1. The van der Waals surface area contributed by atoms with Crippen molar-refractivity contribution >= 4 is 15.9 Å². The smallest absolute Gasteiger partial charge is 0.128 e. The Balaban J connectivity index is 2.31. The number of aromatic nitrogens is 2. The van der Waals surface area contributed by atoms with Crippen LogP contribution in [0.15, 0.2) is 34.9 Å². The summed E-state index contributed by atoms with van der Waals surface area (Å²) in [6.07, 6.45) is 1.74. The molecule has 0 unspecified atom stereocenters. The summed E-state index contributed by atoms with van der Waals surface area (Å²) in [4.78, 5) is 0. The molecular formula is C13H15BrN2O. The molecule has 0 aliphatic rings. The van der Waals surface area contributed by atoms with E-state index in [2.05, 4.69) is 40.0 Å². The standard InChI is InChI=1S/C13H15BrN2O/c1-9(2)8-17-13-4-3-10(14)7-11(13)12-5-6-15-16-12/h3-7,9H,8H2,1-2H3,(H,15,16). The maximum Gasteiger partial charge on any atom is 0.128 e. The summed E-state index contributed by atoms with van der Waals surface area (Å²) in [5.41, 5.74) is 1.99. The van der Waals surface area contributed by atoms with Crippen molar-refractivity contribution in [3.63, 3.8) is 0 Å². The van der Waals surface area contributed by atoms with Crippen LogP contribution < -0.4 is 4.74 Å². The lowest BCUT2D eigenvalue weighted by atomic mass is 10.1. The third-order valence-corrected chi connectivity index (χ3v) is 2.80. The molecule has 0 atom stereocenters. The molecule has 17 heavy (non-hydrogen) atoms. The fraction of sp³-hybridized carbons (Fsp3) is 0.308. The quantitative estimate of drug-likeness (QED) is 0.929. The minimum absolute atomic E-state index is 0.508. The number of benzene rings is 1. The van der Waals surface area contributed by atoms with Crippen molar-refractivity contribution in [2.24, 2.45) is 5.92 Å². The predicted octanol–water partition coefficient (Wildman–Crippen LogP) is 3.87. The second kappa shape index (κ2) is 5.36. The molecule has 90 valence electrons. The Morgan fingerprint density at radius 3 is 2.82 bits per heavy atom. The summed E-state index contributed by atoms with van der Waals surface area (Å²) in [5, 5.41) is 6.93. The van der Waals surface area contributed by atoms with Crippen LogP contribution in [0.2, 0.25) is 0 Å². The zero-order valence-corrected chi connectivity index (χ0v) is 11.5. The maximum atomic E-state index is 5.81. The Morgan fingerprint density at radius 2 is 2.18 bits per heavy atom. The van der Waals surface area contributed by atoms with Crippen LogP contribution >= 0.6 is 15.9 Å². The zero-order chi connectivity index (χ0) is 12.3. The van der Waals surface area contributed by atoms with E-state index in [1.165, 1.54) is 0 Å². The molecule has 0 aliphatic heterocycles. The molecule has 0 saturated heterocycles. The molecule has 0 fully saturated rings. The third kappa shape index (κ3) is 3.09. The fourth-order valence-electron chi connectivity index (χ4n) is 1.50. The van der Waals surface area contributed by atoms with Crippen LogP contribution in [0, 0.1) is 5.92 Å². The minimum Gasteiger partial charge on any atom is -0.493 e. The minimum atomic E-state index is 0.508. The number of hydrogen-bond donors (Lipinski definition) is 1. The van der Waals surface area contributed by atoms with E-state index in [0.29, 0.717) is 12.5 Å². The van der Waals surface area contributed by atoms with Crippen LogP contribution in [-0.2, 0) is 0 Å². The predicted molar refractivity (Wildman–Crippen MR) is 72.1 cm³/mol. The second-order valence-electron chi connectivity index (χ2n) is 4.32. The first-order chi connectivity index (χ1) is 8.16. The molecule has 4 heteroatoms. The van der Waals surface area contributed by atoms with Gasteiger partial charge in [0.15, 0.2) is 0 Å². The average molecular weight is 295 g/mol. The Hall–Kier alpha value is -1.29.